The van der Waals surface area contributed by atoms with Crippen molar-refractivity contribution in [2.24, 2.45) is 11.8 Å². The smallest absolute Gasteiger partial charge is 0.227 e. The number of aromatic nitrogens is 2. The molecule has 1 N–H and O–H groups in total. The molecule has 1 aromatic heterocycles. The molecule has 3 atom stereocenters. The predicted octanol–water partition coefficient (Wildman–Crippen LogP) is 3.60. The second-order valence-corrected chi connectivity index (χ2v) is 11.9. The lowest BCUT2D eigenvalue weighted by Gasteiger charge is -2.51. The van der Waals surface area contributed by atoms with Crippen LogP contribution in [0.3, 0.4) is 0 Å². The molecule has 1 saturated heterocycles. The van der Waals surface area contributed by atoms with E-state index in [2.05, 4.69) is 26.9 Å². The molecule has 2 unspecified atom stereocenters. The van der Waals surface area contributed by atoms with E-state index in [1.807, 2.05) is 12.1 Å². The van der Waals surface area contributed by atoms with E-state index in [-0.39, 0.29) is 12.1 Å². The van der Waals surface area contributed by atoms with Gasteiger partial charge in [0, 0.05) is 30.4 Å². The van der Waals surface area contributed by atoms with Crippen LogP contribution in [-0.4, -0.2) is 56.8 Å². The summed E-state index contributed by atoms with van der Waals surface area (Å²) in [7, 11) is -1.08. The van der Waals surface area contributed by atoms with Crippen molar-refractivity contribution in [2.75, 3.05) is 41.8 Å². The number of aliphatic hydroxyl groups excluding tert-OH is 1. The summed E-state index contributed by atoms with van der Waals surface area (Å²) in [6.45, 7) is 2.68. The maximum Gasteiger partial charge on any atom is 0.227 e. The summed E-state index contributed by atoms with van der Waals surface area (Å²) >= 11 is 6.11. The van der Waals surface area contributed by atoms with E-state index in [0.29, 0.717) is 30.1 Å². The van der Waals surface area contributed by atoms with Crippen LogP contribution in [0.5, 0.6) is 0 Å². The summed E-state index contributed by atoms with van der Waals surface area (Å²) in [4.78, 5) is 14.9. The topological polar surface area (TPSA) is 69.6 Å². The lowest BCUT2D eigenvalue weighted by molar-refractivity contribution is 0.115. The van der Waals surface area contributed by atoms with Gasteiger partial charge in [-0.3, -0.25) is 4.21 Å². The van der Waals surface area contributed by atoms with Gasteiger partial charge < -0.3 is 14.9 Å². The van der Waals surface area contributed by atoms with E-state index in [9.17, 15) is 9.32 Å². The summed E-state index contributed by atoms with van der Waals surface area (Å²) in [6, 6.07) is 8.37. The minimum atomic E-state index is -1.08. The van der Waals surface area contributed by atoms with Crippen LogP contribution in [0.1, 0.15) is 43.6 Å². The number of hydrogen-bond acceptors (Lipinski definition) is 6. The van der Waals surface area contributed by atoms with Gasteiger partial charge in [0.2, 0.25) is 5.95 Å². The van der Waals surface area contributed by atoms with Crippen molar-refractivity contribution in [1.82, 2.24) is 9.97 Å². The third-order valence-corrected chi connectivity index (χ3v) is 9.83. The van der Waals surface area contributed by atoms with Crippen LogP contribution in [0.15, 0.2) is 35.4 Å². The van der Waals surface area contributed by atoms with Gasteiger partial charge >= 0.3 is 0 Å². The molecule has 3 heterocycles. The average molecular weight is 473 g/mol. The van der Waals surface area contributed by atoms with Crippen LogP contribution in [0.4, 0.5) is 11.8 Å². The third kappa shape index (κ3) is 3.27. The normalized spacial score (nSPS) is 30.7. The zero-order valence-corrected chi connectivity index (χ0v) is 19.7. The molecule has 2 saturated carbocycles. The molecule has 2 aromatic rings. The molecule has 32 heavy (non-hydrogen) atoms. The minimum absolute atomic E-state index is 0.120. The van der Waals surface area contributed by atoms with Gasteiger partial charge in [0.15, 0.2) is 5.82 Å². The molecule has 6 nitrogen and oxygen atoms in total. The molecule has 2 aliphatic heterocycles. The highest BCUT2D eigenvalue weighted by Crippen LogP contribution is 2.49. The molecule has 1 aromatic carbocycles. The third-order valence-electron chi connectivity index (χ3n) is 8.25. The van der Waals surface area contributed by atoms with Crippen molar-refractivity contribution in [3.05, 3.63) is 41.0 Å². The second-order valence-electron chi connectivity index (χ2n) is 9.87. The summed E-state index contributed by atoms with van der Waals surface area (Å²) in [5.74, 6) is 3.82. The van der Waals surface area contributed by atoms with Gasteiger partial charge in [0.05, 0.1) is 34.0 Å². The van der Waals surface area contributed by atoms with Gasteiger partial charge in [-0.1, -0.05) is 23.7 Å². The Morgan fingerprint density at radius 1 is 1.16 bits per heavy atom. The number of aliphatic hydroxyl groups is 1. The highest BCUT2D eigenvalue weighted by Gasteiger charge is 2.46. The number of nitrogens with zero attached hydrogens (tertiary/aromatic N) is 4. The fourth-order valence-electron chi connectivity index (χ4n) is 6.42. The Morgan fingerprint density at radius 2 is 1.88 bits per heavy atom. The molecule has 4 aliphatic rings. The molecule has 3 fully saturated rings. The first-order valence-corrected chi connectivity index (χ1v) is 13.4. The van der Waals surface area contributed by atoms with Crippen molar-refractivity contribution < 1.29 is 9.32 Å². The fraction of sp³-hybridized carbons (Fsp3) is 0.583. The van der Waals surface area contributed by atoms with Crippen LogP contribution >= 0.6 is 11.6 Å². The van der Waals surface area contributed by atoms with Crippen molar-refractivity contribution in [3.63, 3.8) is 0 Å². The van der Waals surface area contributed by atoms with Crippen LogP contribution < -0.4 is 9.80 Å². The monoisotopic (exact) mass is 472 g/mol. The zero-order chi connectivity index (χ0) is 21.9. The Morgan fingerprint density at radius 3 is 2.50 bits per heavy atom. The largest absolute Gasteiger partial charge is 0.394 e. The SMILES string of the molecule is O=[S@]1CCN(C2(CO)CCC2)c2nc(N3CC4CCC(C3)C4c3ccc(Cl)cc3)ncc21. The Labute approximate surface area is 196 Å². The molecular weight excluding hydrogens is 444 g/mol. The number of anilines is 2. The molecule has 2 aliphatic carbocycles. The summed E-state index contributed by atoms with van der Waals surface area (Å²) in [5, 5.41) is 10.9. The van der Waals surface area contributed by atoms with E-state index in [1.54, 1.807) is 6.20 Å². The Balaban J connectivity index is 1.29. The maximum atomic E-state index is 12.7. The average Bonchev–Trinajstić information content (AvgIpc) is 3.04. The van der Waals surface area contributed by atoms with Gasteiger partial charge in [-0.05, 0) is 67.6 Å². The molecule has 0 amide bonds. The highest BCUT2D eigenvalue weighted by atomic mass is 35.5. The number of hydrogen-bond donors (Lipinski definition) is 1. The van der Waals surface area contributed by atoms with E-state index in [1.165, 1.54) is 18.4 Å². The van der Waals surface area contributed by atoms with E-state index >= 15 is 0 Å². The molecule has 0 spiro atoms. The summed E-state index contributed by atoms with van der Waals surface area (Å²) < 4.78 is 12.7. The molecule has 8 heteroatoms. The quantitative estimate of drug-likeness (QED) is 0.733. The van der Waals surface area contributed by atoms with E-state index in [4.69, 9.17) is 16.6 Å². The molecule has 0 radical (unpaired) electrons. The number of rotatable bonds is 4. The van der Waals surface area contributed by atoms with Crippen LogP contribution in [0.25, 0.3) is 0 Å². The summed E-state index contributed by atoms with van der Waals surface area (Å²) in [6.07, 6.45) is 7.27. The first-order valence-electron chi connectivity index (χ1n) is 11.7. The first-order chi connectivity index (χ1) is 15.6. The Kier molecular flexibility index (Phi) is 5.19. The van der Waals surface area contributed by atoms with Crippen LogP contribution in [-0.2, 0) is 10.8 Å². The Hall–Kier alpha value is -1.70. The number of halogens is 1. The lowest BCUT2D eigenvalue weighted by Crippen LogP contribution is -2.59. The van der Waals surface area contributed by atoms with Crippen molar-refractivity contribution >= 4 is 34.2 Å². The number of fused-ring (bicyclic) bond motifs is 3. The van der Waals surface area contributed by atoms with Crippen molar-refractivity contribution in [2.45, 2.75) is 48.5 Å². The van der Waals surface area contributed by atoms with Gasteiger partial charge in [-0.25, -0.2) is 4.98 Å². The molecular formula is C24H29ClN4O2S. The maximum absolute atomic E-state index is 12.7. The molecule has 170 valence electrons. The second kappa shape index (κ2) is 7.96. The predicted molar refractivity (Wildman–Crippen MR) is 127 cm³/mol. The lowest BCUT2D eigenvalue weighted by atomic mass is 9.76. The minimum Gasteiger partial charge on any atom is -0.394 e. The van der Waals surface area contributed by atoms with Gasteiger partial charge in [-0.2, -0.15) is 4.98 Å². The van der Waals surface area contributed by atoms with Crippen molar-refractivity contribution in [3.8, 4) is 0 Å². The zero-order valence-electron chi connectivity index (χ0n) is 18.1. The summed E-state index contributed by atoms with van der Waals surface area (Å²) in [5.41, 5.74) is 1.15. The standard InChI is InChI=1S/C24H29ClN4O2S/c25-19-6-4-16(5-7-19)21-17-2-3-18(21)14-28(13-17)23-26-12-20-22(27-23)29(10-11-32(20)31)24(15-30)8-1-9-24/h4-7,12,17-18,21,30H,1-3,8-11,13-15H2/t17?,18?,21?,32-/m0/s1. The van der Waals surface area contributed by atoms with Crippen molar-refractivity contribution in [1.29, 1.82) is 0 Å². The first kappa shape index (κ1) is 20.9. The molecule has 2 bridgehead atoms. The van der Waals surface area contributed by atoms with E-state index in [0.717, 1.165) is 54.0 Å². The number of piperidine rings is 1. The Bertz CT molecular complexity index is 1030. The highest BCUT2D eigenvalue weighted by molar-refractivity contribution is 7.85. The van der Waals surface area contributed by atoms with Gasteiger partial charge in [-0.15, -0.1) is 0 Å². The molecule has 6 rings (SSSR count). The van der Waals surface area contributed by atoms with E-state index < -0.39 is 10.8 Å². The van der Waals surface area contributed by atoms with Crippen LogP contribution in [0, 0.1) is 11.8 Å². The fourth-order valence-corrected chi connectivity index (χ4v) is 7.65. The number of benzene rings is 1. The van der Waals surface area contributed by atoms with Gasteiger partial charge in [0.1, 0.15) is 0 Å². The van der Waals surface area contributed by atoms with Crippen LogP contribution in [0.2, 0.25) is 5.02 Å². The van der Waals surface area contributed by atoms with Gasteiger partial charge in [0.25, 0.3) is 0 Å².